The number of benzene rings is 2. The van der Waals surface area contributed by atoms with Gasteiger partial charge in [0.05, 0.1) is 28.9 Å². The molecule has 1 saturated carbocycles. The number of nitrogens with zero attached hydrogens (tertiary/aromatic N) is 2. The third kappa shape index (κ3) is 3.07. The number of phenolic OH excluding ortho intramolecular Hbond substituents is 1. The van der Waals surface area contributed by atoms with Crippen LogP contribution in [0.3, 0.4) is 0 Å². The van der Waals surface area contributed by atoms with Gasteiger partial charge < -0.3 is 5.11 Å². The van der Waals surface area contributed by atoms with Crippen LogP contribution in [0.5, 0.6) is 5.75 Å². The molecule has 6 rings (SSSR count). The average Bonchev–Trinajstić information content (AvgIpc) is 3.26. The smallest absolute Gasteiger partial charge is 0.257 e. The number of hydrogen-bond donors (Lipinski definition) is 2. The van der Waals surface area contributed by atoms with E-state index in [9.17, 15) is 29.5 Å². The summed E-state index contributed by atoms with van der Waals surface area (Å²) in [5.41, 5.74) is 1.12. The van der Waals surface area contributed by atoms with E-state index in [-0.39, 0.29) is 35.5 Å². The quantitative estimate of drug-likeness (QED) is 0.366. The molecule has 4 aliphatic rings. The average molecular weight is 513 g/mol. The van der Waals surface area contributed by atoms with E-state index in [1.165, 1.54) is 4.90 Å². The largest absolute Gasteiger partial charge is 0.507 e. The predicted molar refractivity (Wildman–Crippen MR) is 137 cm³/mol. The van der Waals surface area contributed by atoms with Gasteiger partial charge in [-0.25, -0.2) is 4.90 Å². The molecule has 3 fully saturated rings. The van der Waals surface area contributed by atoms with Gasteiger partial charge in [-0.2, -0.15) is 5.06 Å². The van der Waals surface area contributed by atoms with E-state index in [2.05, 4.69) is 6.58 Å². The van der Waals surface area contributed by atoms with E-state index in [0.717, 1.165) is 5.57 Å². The first-order chi connectivity index (χ1) is 18.2. The van der Waals surface area contributed by atoms with Crippen molar-refractivity contribution in [2.45, 2.75) is 32.1 Å². The monoisotopic (exact) mass is 512 g/mol. The molecular weight excluding hydrogens is 484 g/mol. The highest BCUT2D eigenvalue weighted by molar-refractivity contribution is 6.24. The molecule has 2 aromatic rings. The van der Waals surface area contributed by atoms with Crippen LogP contribution in [0.15, 0.2) is 72.8 Å². The zero-order valence-electron chi connectivity index (χ0n) is 20.9. The summed E-state index contributed by atoms with van der Waals surface area (Å²) < 4.78 is 0. The third-order valence-corrected chi connectivity index (χ3v) is 9.09. The van der Waals surface area contributed by atoms with Crippen molar-refractivity contribution in [3.8, 4) is 5.75 Å². The molecule has 8 nitrogen and oxygen atoms in total. The van der Waals surface area contributed by atoms with Gasteiger partial charge in [0.15, 0.2) is 0 Å². The van der Waals surface area contributed by atoms with E-state index in [1.54, 1.807) is 61.5 Å². The Morgan fingerprint density at radius 2 is 1.74 bits per heavy atom. The van der Waals surface area contributed by atoms with Gasteiger partial charge in [0.25, 0.3) is 11.8 Å². The van der Waals surface area contributed by atoms with Crippen molar-refractivity contribution in [2.75, 3.05) is 4.90 Å². The molecule has 6 atom stereocenters. The molecule has 0 spiro atoms. The highest BCUT2D eigenvalue weighted by Crippen LogP contribution is 2.64. The highest BCUT2D eigenvalue weighted by atomic mass is 16.5. The number of phenols is 1. The molecule has 2 aromatic carbocycles. The number of aromatic hydroxyl groups is 1. The second-order valence-corrected chi connectivity index (χ2v) is 10.8. The number of amides is 4. The van der Waals surface area contributed by atoms with Crippen LogP contribution in [-0.4, -0.2) is 39.0 Å². The second-order valence-electron chi connectivity index (χ2n) is 10.8. The summed E-state index contributed by atoms with van der Waals surface area (Å²) in [5.74, 6) is -5.62. The van der Waals surface area contributed by atoms with Crippen molar-refractivity contribution in [1.29, 1.82) is 0 Å². The zero-order valence-corrected chi connectivity index (χ0v) is 20.9. The van der Waals surface area contributed by atoms with Gasteiger partial charge in [0, 0.05) is 11.5 Å². The maximum absolute atomic E-state index is 14.3. The van der Waals surface area contributed by atoms with Crippen molar-refractivity contribution in [2.24, 2.45) is 29.1 Å². The molecule has 0 aromatic heterocycles. The fraction of sp³-hybridized carbons (Fsp3) is 0.333. The van der Waals surface area contributed by atoms with Gasteiger partial charge in [0.1, 0.15) is 5.75 Å². The summed E-state index contributed by atoms with van der Waals surface area (Å²) in [7, 11) is 0. The number of hydrogen-bond acceptors (Lipinski definition) is 6. The summed E-state index contributed by atoms with van der Waals surface area (Å²) in [6.45, 7) is 5.54. The summed E-state index contributed by atoms with van der Waals surface area (Å²) in [5, 5.41) is 21.8. The summed E-state index contributed by atoms with van der Waals surface area (Å²) in [6, 6.07) is 14.1. The van der Waals surface area contributed by atoms with Gasteiger partial charge in [-0.05, 0) is 49.8 Å². The van der Waals surface area contributed by atoms with Crippen LogP contribution in [0, 0.1) is 29.1 Å². The second kappa shape index (κ2) is 8.49. The van der Waals surface area contributed by atoms with Crippen LogP contribution >= 0.6 is 0 Å². The van der Waals surface area contributed by atoms with Crippen LogP contribution in [0.1, 0.15) is 36.8 Å². The molecule has 194 valence electrons. The van der Waals surface area contributed by atoms with Gasteiger partial charge in [-0.1, -0.05) is 54.1 Å². The minimum Gasteiger partial charge on any atom is -0.507 e. The van der Waals surface area contributed by atoms with Gasteiger partial charge in [-0.15, -0.1) is 6.58 Å². The molecule has 2 saturated heterocycles. The summed E-state index contributed by atoms with van der Waals surface area (Å²) in [4.78, 5) is 55.1. The number of carbonyl (C=O) groups excluding carboxylic acids is 4. The van der Waals surface area contributed by atoms with Crippen molar-refractivity contribution >= 4 is 29.3 Å². The minimum atomic E-state index is -1.24. The Kier molecular flexibility index (Phi) is 5.43. The lowest BCUT2D eigenvalue weighted by Crippen LogP contribution is -2.48. The first kappa shape index (κ1) is 24.3. The molecule has 2 aliphatic heterocycles. The van der Waals surface area contributed by atoms with E-state index in [1.807, 2.05) is 6.08 Å². The van der Waals surface area contributed by atoms with E-state index in [4.69, 9.17) is 0 Å². The number of carbonyl (C=O) groups is 4. The maximum atomic E-state index is 14.3. The number of rotatable bonds is 4. The number of fused-ring (bicyclic) bond motifs is 4. The Balaban J connectivity index is 1.57. The number of imide groups is 2. The lowest BCUT2D eigenvalue weighted by atomic mass is 9.51. The molecule has 0 radical (unpaired) electrons. The number of para-hydroxylation sites is 2. The first-order valence-electron chi connectivity index (χ1n) is 12.8. The topological polar surface area (TPSA) is 115 Å². The molecule has 8 heteroatoms. The number of anilines is 1. The Morgan fingerprint density at radius 1 is 1.00 bits per heavy atom. The van der Waals surface area contributed by atoms with Crippen molar-refractivity contribution in [3.63, 3.8) is 0 Å². The molecule has 38 heavy (non-hydrogen) atoms. The van der Waals surface area contributed by atoms with E-state index >= 15 is 0 Å². The Labute approximate surface area is 219 Å². The Hall–Kier alpha value is -4.04. The highest BCUT2D eigenvalue weighted by Gasteiger charge is 2.67. The van der Waals surface area contributed by atoms with Gasteiger partial charge >= 0.3 is 0 Å². The van der Waals surface area contributed by atoms with Crippen molar-refractivity contribution in [3.05, 3.63) is 84.0 Å². The first-order valence-corrected chi connectivity index (χ1v) is 12.8. The summed E-state index contributed by atoms with van der Waals surface area (Å²) >= 11 is 0. The van der Waals surface area contributed by atoms with Crippen LogP contribution in [0.2, 0.25) is 0 Å². The van der Waals surface area contributed by atoms with Gasteiger partial charge in [-0.3, -0.25) is 24.4 Å². The van der Waals surface area contributed by atoms with Crippen molar-refractivity contribution < 1.29 is 29.5 Å². The standard InChI is InChI=1S/C30H28N2O6/c1-3-8-16-9-7-12-20(25(16)33)24-18-13-14-19-23(28(36)32(38)26(19)34)21(18)15-22-27(35)31(29(37)30(22,24)2)17-10-5-4-6-11-17/h3-7,9-13,19,21-24,33,38H,1,8,14-15H2,2H3/t19-,21+,22-,23-,24+,30+/m0/s1. The van der Waals surface area contributed by atoms with Crippen molar-refractivity contribution in [1.82, 2.24) is 5.06 Å². The number of allylic oxidation sites excluding steroid dienone is 3. The molecule has 0 bridgehead atoms. The van der Waals surface area contributed by atoms with Crippen LogP contribution < -0.4 is 4.90 Å². The molecule has 2 aliphatic carbocycles. The third-order valence-electron chi connectivity index (χ3n) is 9.09. The van der Waals surface area contributed by atoms with E-state index in [0.29, 0.717) is 23.2 Å². The summed E-state index contributed by atoms with van der Waals surface area (Å²) in [6.07, 6.45) is 4.39. The van der Waals surface area contributed by atoms with Gasteiger partial charge in [0.2, 0.25) is 11.8 Å². The molecule has 2 N–H and O–H groups in total. The Morgan fingerprint density at radius 3 is 2.45 bits per heavy atom. The predicted octanol–water partition coefficient (Wildman–Crippen LogP) is 3.74. The minimum absolute atomic E-state index is 0.0251. The van der Waals surface area contributed by atoms with Crippen LogP contribution in [-0.2, 0) is 25.6 Å². The maximum Gasteiger partial charge on any atom is 0.257 e. The SMILES string of the molecule is C=CCc1cccc([C@H]2C3=CC[C@@H]4C(=O)N(O)C(=O)[C@@H]4[C@@H]3C[C@H]3C(=O)N(c4ccccc4)C(=O)[C@@]23C)c1O. The lowest BCUT2D eigenvalue weighted by molar-refractivity contribution is -0.173. The van der Waals surface area contributed by atoms with Crippen LogP contribution in [0.25, 0.3) is 0 Å². The fourth-order valence-electron chi connectivity index (χ4n) is 7.33. The number of hydroxylamine groups is 2. The van der Waals surface area contributed by atoms with Crippen LogP contribution in [0.4, 0.5) is 5.69 Å². The normalized spacial score (nSPS) is 32.2. The molecular formula is C30H28N2O6. The molecule has 0 unspecified atom stereocenters. The molecule has 2 heterocycles. The Bertz CT molecular complexity index is 1430. The van der Waals surface area contributed by atoms with E-state index < -0.39 is 46.8 Å². The lowest BCUT2D eigenvalue weighted by Gasteiger charge is -2.49. The zero-order chi connectivity index (χ0) is 26.9. The molecule has 4 amide bonds. The fourth-order valence-corrected chi connectivity index (χ4v) is 7.33.